The molecule has 3 aromatic rings. The van der Waals surface area contributed by atoms with Crippen LogP contribution < -0.4 is 9.80 Å². The second kappa shape index (κ2) is 7.12. The normalized spacial score (nSPS) is 26.9. The summed E-state index contributed by atoms with van der Waals surface area (Å²) >= 11 is 7.64. The molecule has 0 bridgehead atoms. The molecular weight excluding hydrogens is 464 g/mol. The van der Waals surface area contributed by atoms with E-state index in [9.17, 15) is 9.59 Å². The molecule has 0 unspecified atom stereocenters. The van der Waals surface area contributed by atoms with E-state index in [1.54, 1.807) is 4.90 Å². The van der Waals surface area contributed by atoms with Crippen molar-refractivity contribution < 1.29 is 9.59 Å². The predicted octanol–water partition coefficient (Wildman–Crippen LogP) is 6.11. The van der Waals surface area contributed by atoms with Crippen LogP contribution in [0.5, 0.6) is 0 Å². The minimum atomic E-state index is -1.09. The Morgan fingerprint density at radius 1 is 0.824 bits per heavy atom. The monoisotopic (exact) mass is 488 g/mol. The molecule has 3 heterocycles. The number of para-hydroxylation sites is 2. The van der Waals surface area contributed by atoms with E-state index in [1.807, 2.05) is 59.5 Å². The summed E-state index contributed by atoms with van der Waals surface area (Å²) in [6, 6.07) is 23.8. The average molecular weight is 489 g/mol. The van der Waals surface area contributed by atoms with Gasteiger partial charge in [-0.25, -0.2) is 0 Å². The molecule has 2 atom stereocenters. The zero-order chi connectivity index (χ0) is 23.9. The van der Waals surface area contributed by atoms with Crippen molar-refractivity contribution in [3.63, 3.8) is 0 Å². The number of amides is 2. The third-order valence-electron chi connectivity index (χ3n) is 7.57. The van der Waals surface area contributed by atoms with Crippen LogP contribution in [-0.4, -0.2) is 23.1 Å². The summed E-state index contributed by atoms with van der Waals surface area (Å²) in [5.41, 5.74) is 4.12. The molecule has 0 N–H and O–H groups in total. The summed E-state index contributed by atoms with van der Waals surface area (Å²) < 4.78 is 0. The highest BCUT2D eigenvalue weighted by molar-refractivity contribution is 8.02. The van der Waals surface area contributed by atoms with Crippen molar-refractivity contribution in [3.05, 3.63) is 94.5 Å². The first-order chi connectivity index (χ1) is 16.2. The van der Waals surface area contributed by atoms with Gasteiger partial charge in [0.2, 0.25) is 10.8 Å². The number of hydrogen-bond acceptors (Lipinski definition) is 3. The zero-order valence-electron chi connectivity index (χ0n) is 19.3. The summed E-state index contributed by atoms with van der Waals surface area (Å²) in [7, 11) is 0. The Balaban J connectivity index is 1.63. The van der Waals surface area contributed by atoms with E-state index in [0.29, 0.717) is 5.02 Å². The number of carbonyl (C=O) groups is 2. The highest BCUT2D eigenvalue weighted by Crippen LogP contribution is 2.62. The van der Waals surface area contributed by atoms with Gasteiger partial charge in [0.1, 0.15) is 0 Å². The van der Waals surface area contributed by atoms with Crippen molar-refractivity contribution >= 4 is 46.6 Å². The third kappa shape index (κ3) is 2.68. The first kappa shape index (κ1) is 21.8. The fourth-order valence-electron chi connectivity index (χ4n) is 6.29. The van der Waals surface area contributed by atoms with Gasteiger partial charge in [-0.2, -0.15) is 0 Å². The number of halogens is 1. The number of anilines is 2. The molecule has 3 aliphatic rings. The molecule has 1 fully saturated rings. The maximum atomic E-state index is 14.4. The number of hydrogen-bond donors (Lipinski definition) is 0. The minimum Gasteiger partial charge on any atom is -0.303 e. The van der Waals surface area contributed by atoms with E-state index in [4.69, 9.17) is 11.6 Å². The largest absolute Gasteiger partial charge is 0.303 e. The Kier molecular flexibility index (Phi) is 4.56. The van der Waals surface area contributed by atoms with E-state index in [1.165, 1.54) is 17.3 Å². The zero-order valence-corrected chi connectivity index (χ0v) is 20.9. The lowest BCUT2D eigenvalue weighted by atomic mass is 9.65. The summed E-state index contributed by atoms with van der Waals surface area (Å²) in [6.07, 6.45) is 0.754. The van der Waals surface area contributed by atoms with Gasteiger partial charge in [-0.3, -0.25) is 14.5 Å². The van der Waals surface area contributed by atoms with E-state index in [2.05, 4.69) is 39.0 Å². The van der Waals surface area contributed by atoms with Crippen molar-refractivity contribution in [2.45, 2.75) is 43.0 Å². The third-order valence-corrected chi connectivity index (χ3v) is 9.21. The van der Waals surface area contributed by atoms with Crippen LogP contribution in [0.25, 0.3) is 0 Å². The lowest BCUT2D eigenvalue weighted by Gasteiger charge is -2.50. The van der Waals surface area contributed by atoms with Gasteiger partial charge in [-0.05, 0) is 55.7 Å². The highest BCUT2D eigenvalue weighted by Gasteiger charge is 2.65. The second-order valence-corrected chi connectivity index (χ2v) is 11.8. The first-order valence-corrected chi connectivity index (χ1v) is 12.8. The average Bonchev–Trinajstić information content (AvgIpc) is 3.29. The van der Waals surface area contributed by atoms with Crippen molar-refractivity contribution in [2.75, 3.05) is 15.6 Å². The van der Waals surface area contributed by atoms with Crippen LogP contribution >= 0.6 is 23.4 Å². The summed E-state index contributed by atoms with van der Waals surface area (Å²) in [5.74, 6) is 0.200. The highest BCUT2D eigenvalue weighted by atomic mass is 35.5. The van der Waals surface area contributed by atoms with Crippen LogP contribution in [0, 0.1) is 0 Å². The van der Waals surface area contributed by atoms with E-state index in [0.717, 1.165) is 28.9 Å². The molecule has 3 aromatic carbocycles. The van der Waals surface area contributed by atoms with E-state index >= 15 is 0 Å². The Morgan fingerprint density at radius 2 is 1.50 bits per heavy atom. The standard InChI is InChI=1S/C28H25ClN2O2S/c1-26(2)17-27(3,18-12-14-19(29)15-13-18)21-10-7-11-22-24(21)31(26)25(33)28(22)30(23(32)16-34-28)20-8-5-4-6-9-20/h4-15H,16-17H2,1-3H3/t27-,28-/m1/s1. The minimum absolute atomic E-state index is 0.0298. The second-order valence-electron chi connectivity index (χ2n) is 10.2. The molecule has 3 aliphatic heterocycles. The molecule has 1 saturated heterocycles. The SMILES string of the molecule is CC1(C)C[C@](C)(c2ccc(Cl)cc2)c2cccc3c2N1C(=O)[C@]31SCC(=O)N1c1ccccc1. The summed E-state index contributed by atoms with van der Waals surface area (Å²) in [4.78, 5) is 30.3. The van der Waals surface area contributed by atoms with Gasteiger partial charge in [0, 0.05) is 27.2 Å². The number of nitrogens with zero attached hydrogens (tertiary/aromatic N) is 2. The molecule has 1 spiro atoms. The first-order valence-electron chi connectivity index (χ1n) is 11.5. The van der Waals surface area contributed by atoms with Crippen molar-refractivity contribution in [2.24, 2.45) is 0 Å². The Labute approximate surface area is 208 Å². The Hall–Kier alpha value is -2.76. The smallest absolute Gasteiger partial charge is 0.269 e. The number of rotatable bonds is 2. The molecule has 172 valence electrons. The van der Waals surface area contributed by atoms with Gasteiger partial charge in [0.15, 0.2) is 0 Å². The van der Waals surface area contributed by atoms with Crippen molar-refractivity contribution in [1.29, 1.82) is 0 Å². The Bertz CT molecular complexity index is 1340. The molecule has 0 radical (unpaired) electrons. The molecule has 0 aliphatic carbocycles. The molecule has 6 heteroatoms. The lowest BCUT2D eigenvalue weighted by molar-refractivity contribution is -0.124. The van der Waals surface area contributed by atoms with E-state index in [-0.39, 0.29) is 23.0 Å². The van der Waals surface area contributed by atoms with Crippen LogP contribution in [0.4, 0.5) is 11.4 Å². The van der Waals surface area contributed by atoms with Gasteiger partial charge < -0.3 is 4.90 Å². The quantitative estimate of drug-likeness (QED) is 0.437. The van der Waals surface area contributed by atoms with Gasteiger partial charge in [0.25, 0.3) is 5.91 Å². The van der Waals surface area contributed by atoms with E-state index < -0.39 is 10.4 Å². The fourth-order valence-corrected chi connectivity index (χ4v) is 7.75. The topological polar surface area (TPSA) is 40.6 Å². The molecule has 34 heavy (non-hydrogen) atoms. The maximum absolute atomic E-state index is 14.4. The maximum Gasteiger partial charge on any atom is 0.269 e. The van der Waals surface area contributed by atoms with Crippen LogP contribution in [0.1, 0.15) is 43.9 Å². The molecule has 6 rings (SSSR count). The van der Waals surface area contributed by atoms with Crippen LogP contribution in [0.2, 0.25) is 5.02 Å². The van der Waals surface area contributed by atoms with Crippen molar-refractivity contribution in [3.8, 4) is 0 Å². The van der Waals surface area contributed by atoms with Gasteiger partial charge >= 0.3 is 0 Å². The van der Waals surface area contributed by atoms with Crippen LogP contribution in [0.3, 0.4) is 0 Å². The summed E-state index contributed by atoms with van der Waals surface area (Å²) in [6.45, 7) is 6.51. The number of fused-ring (bicyclic) bond motifs is 1. The predicted molar refractivity (Wildman–Crippen MR) is 139 cm³/mol. The molecular formula is C28H25ClN2O2S. The van der Waals surface area contributed by atoms with Gasteiger partial charge in [-0.1, -0.05) is 67.1 Å². The molecule has 2 amide bonds. The molecule has 0 aromatic heterocycles. The lowest BCUT2D eigenvalue weighted by Crippen LogP contribution is -2.58. The number of carbonyl (C=O) groups excluding carboxylic acids is 2. The van der Waals surface area contributed by atoms with Crippen LogP contribution in [-0.2, 0) is 19.9 Å². The van der Waals surface area contributed by atoms with Crippen molar-refractivity contribution in [1.82, 2.24) is 0 Å². The fraction of sp³-hybridized carbons (Fsp3) is 0.286. The Morgan fingerprint density at radius 3 is 2.21 bits per heavy atom. The number of benzene rings is 3. The molecule has 0 saturated carbocycles. The number of thioether (sulfide) groups is 1. The van der Waals surface area contributed by atoms with Gasteiger partial charge in [-0.15, -0.1) is 11.8 Å². The summed E-state index contributed by atoms with van der Waals surface area (Å²) in [5, 5.41) is 0.704. The van der Waals surface area contributed by atoms with Crippen LogP contribution in [0.15, 0.2) is 72.8 Å². The molecule has 4 nitrogen and oxygen atoms in total. The van der Waals surface area contributed by atoms with Gasteiger partial charge in [0.05, 0.1) is 11.4 Å².